The van der Waals surface area contributed by atoms with Gasteiger partial charge in [-0.25, -0.2) is 0 Å². The standard InChI is InChI=1S/C9H18N2O/c1-7(2)10-5-9(12)6-11-8(3)4/h5-9,12H,1-4H3/b10-5+,11-6+. The average Bonchev–Trinajstić information content (AvgIpc) is 1.96. The van der Waals surface area contributed by atoms with Gasteiger partial charge in [0.05, 0.1) is 0 Å². The van der Waals surface area contributed by atoms with Gasteiger partial charge in [-0.05, 0) is 27.7 Å². The van der Waals surface area contributed by atoms with E-state index in [1.807, 2.05) is 27.7 Å². The molecule has 0 aliphatic rings. The van der Waals surface area contributed by atoms with Crippen LogP contribution in [0.15, 0.2) is 9.98 Å². The molecule has 0 unspecified atom stereocenters. The summed E-state index contributed by atoms with van der Waals surface area (Å²) in [6.07, 6.45) is 2.38. The van der Waals surface area contributed by atoms with Crippen molar-refractivity contribution in [3.63, 3.8) is 0 Å². The summed E-state index contributed by atoms with van der Waals surface area (Å²) in [6.45, 7) is 7.84. The lowest BCUT2D eigenvalue weighted by Gasteiger charge is -1.99. The summed E-state index contributed by atoms with van der Waals surface area (Å²) < 4.78 is 0. The summed E-state index contributed by atoms with van der Waals surface area (Å²) in [5.41, 5.74) is 0. The van der Waals surface area contributed by atoms with E-state index < -0.39 is 6.10 Å². The maximum atomic E-state index is 9.25. The summed E-state index contributed by atoms with van der Waals surface area (Å²) in [5, 5.41) is 9.25. The van der Waals surface area contributed by atoms with Gasteiger partial charge in [0.2, 0.25) is 0 Å². The number of aliphatic hydroxyl groups is 1. The van der Waals surface area contributed by atoms with Crippen LogP contribution >= 0.6 is 0 Å². The average molecular weight is 170 g/mol. The van der Waals surface area contributed by atoms with Gasteiger partial charge >= 0.3 is 0 Å². The summed E-state index contributed by atoms with van der Waals surface area (Å²) in [6, 6.07) is 0.458. The molecule has 0 radical (unpaired) electrons. The van der Waals surface area contributed by atoms with E-state index in [-0.39, 0.29) is 12.1 Å². The van der Waals surface area contributed by atoms with Crippen molar-refractivity contribution < 1.29 is 5.11 Å². The summed E-state index contributed by atoms with van der Waals surface area (Å²) >= 11 is 0. The Morgan fingerprint density at radius 1 is 0.917 bits per heavy atom. The molecule has 0 aliphatic heterocycles. The molecule has 0 aromatic carbocycles. The molecule has 0 saturated carbocycles. The van der Waals surface area contributed by atoms with Gasteiger partial charge in [0, 0.05) is 24.5 Å². The fourth-order valence-corrected chi connectivity index (χ4v) is 0.559. The van der Waals surface area contributed by atoms with Crippen LogP contribution in [0.3, 0.4) is 0 Å². The van der Waals surface area contributed by atoms with Crippen LogP contribution in [0.25, 0.3) is 0 Å². The predicted octanol–water partition coefficient (Wildman–Crippen LogP) is 1.31. The highest BCUT2D eigenvalue weighted by molar-refractivity contribution is 5.86. The van der Waals surface area contributed by atoms with Crippen molar-refractivity contribution >= 4 is 12.4 Å². The Morgan fingerprint density at radius 3 is 1.50 bits per heavy atom. The number of aliphatic hydroxyl groups excluding tert-OH is 1. The first-order valence-electron chi connectivity index (χ1n) is 4.27. The Labute approximate surface area is 74.2 Å². The smallest absolute Gasteiger partial charge is 0.123 e. The molecule has 0 bridgehead atoms. The summed E-state index contributed by atoms with van der Waals surface area (Å²) in [5.74, 6) is 0. The summed E-state index contributed by atoms with van der Waals surface area (Å²) in [4.78, 5) is 8.07. The minimum atomic E-state index is -0.644. The molecule has 0 spiro atoms. The third-order valence-electron chi connectivity index (χ3n) is 1.07. The van der Waals surface area contributed by atoms with Crippen molar-refractivity contribution in [1.29, 1.82) is 0 Å². The van der Waals surface area contributed by atoms with E-state index in [1.165, 1.54) is 12.4 Å². The Morgan fingerprint density at radius 2 is 1.25 bits per heavy atom. The number of hydrogen-bond acceptors (Lipinski definition) is 3. The fourth-order valence-electron chi connectivity index (χ4n) is 0.559. The van der Waals surface area contributed by atoms with Crippen molar-refractivity contribution in [2.45, 2.75) is 45.9 Å². The van der Waals surface area contributed by atoms with Crippen LogP contribution in [0.5, 0.6) is 0 Å². The van der Waals surface area contributed by atoms with E-state index in [2.05, 4.69) is 9.98 Å². The van der Waals surface area contributed by atoms with Crippen LogP contribution < -0.4 is 0 Å². The Bertz CT molecular complexity index is 144. The van der Waals surface area contributed by atoms with E-state index >= 15 is 0 Å². The lowest BCUT2D eigenvalue weighted by Crippen LogP contribution is -2.12. The molecule has 0 aliphatic carbocycles. The van der Waals surface area contributed by atoms with Gasteiger partial charge in [-0.15, -0.1) is 0 Å². The molecule has 0 saturated heterocycles. The summed E-state index contributed by atoms with van der Waals surface area (Å²) in [7, 11) is 0. The van der Waals surface area contributed by atoms with Crippen molar-refractivity contribution in [2.75, 3.05) is 0 Å². The Hall–Kier alpha value is -0.700. The van der Waals surface area contributed by atoms with Gasteiger partial charge in [-0.2, -0.15) is 0 Å². The van der Waals surface area contributed by atoms with Gasteiger partial charge in [0.1, 0.15) is 6.10 Å². The predicted molar refractivity (Wildman–Crippen MR) is 53.3 cm³/mol. The van der Waals surface area contributed by atoms with Gasteiger partial charge in [0.25, 0.3) is 0 Å². The van der Waals surface area contributed by atoms with Gasteiger partial charge in [-0.3, -0.25) is 9.98 Å². The highest BCUT2D eigenvalue weighted by atomic mass is 16.3. The van der Waals surface area contributed by atoms with Crippen LogP contribution in [-0.4, -0.2) is 35.7 Å². The molecule has 0 amide bonds. The van der Waals surface area contributed by atoms with Crippen LogP contribution in [0.2, 0.25) is 0 Å². The van der Waals surface area contributed by atoms with Crippen LogP contribution in [0.1, 0.15) is 27.7 Å². The number of aliphatic imine (C=N–C) groups is 2. The largest absolute Gasteiger partial charge is 0.382 e. The minimum absolute atomic E-state index is 0.229. The van der Waals surface area contributed by atoms with E-state index in [9.17, 15) is 5.11 Å². The molecular weight excluding hydrogens is 152 g/mol. The van der Waals surface area contributed by atoms with Crippen molar-refractivity contribution in [3.8, 4) is 0 Å². The first-order chi connectivity index (χ1) is 5.52. The van der Waals surface area contributed by atoms with Gasteiger partial charge < -0.3 is 5.11 Å². The minimum Gasteiger partial charge on any atom is -0.382 e. The van der Waals surface area contributed by atoms with Crippen LogP contribution in [0, 0.1) is 0 Å². The Kier molecular flexibility index (Phi) is 5.54. The van der Waals surface area contributed by atoms with Gasteiger partial charge in [-0.1, -0.05) is 0 Å². The third-order valence-corrected chi connectivity index (χ3v) is 1.07. The first-order valence-corrected chi connectivity index (χ1v) is 4.27. The SMILES string of the molecule is CC(C)/N=C/C(O)/C=N/C(C)C. The van der Waals surface area contributed by atoms with Crippen LogP contribution in [0.4, 0.5) is 0 Å². The molecule has 3 heteroatoms. The highest BCUT2D eigenvalue weighted by Gasteiger charge is 1.94. The molecule has 12 heavy (non-hydrogen) atoms. The Balaban J connectivity index is 3.80. The van der Waals surface area contributed by atoms with Gasteiger partial charge in [0.15, 0.2) is 0 Å². The zero-order chi connectivity index (χ0) is 9.56. The second-order valence-corrected chi connectivity index (χ2v) is 3.27. The number of nitrogens with zero attached hydrogens (tertiary/aromatic N) is 2. The van der Waals surface area contributed by atoms with Crippen molar-refractivity contribution in [2.24, 2.45) is 9.98 Å². The number of hydrogen-bond donors (Lipinski definition) is 1. The van der Waals surface area contributed by atoms with E-state index in [0.717, 1.165) is 0 Å². The van der Waals surface area contributed by atoms with E-state index in [0.29, 0.717) is 0 Å². The highest BCUT2D eigenvalue weighted by Crippen LogP contribution is 1.87. The lowest BCUT2D eigenvalue weighted by molar-refractivity contribution is 0.313. The fraction of sp³-hybridized carbons (Fsp3) is 0.778. The molecule has 0 rings (SSSR count). The maximum absolute atomic E-state index is 9.25. The normalized spacial score (nSPS) is 13.3. The molecule has 70 valence electrons. The molecule has 3 nitrogen and oxygen atoms in total. The molecule has 0 fully saturated rings. The quantitative estimate of drug-likeness (QED) is 0.635. The first kappa shape index (κ1) is 11.3. The van der Waals surface area contributed by atoms with E-state index in [1.54, 1.807) is 0 Å². The number of rotatable bonds is 4. The van der Waals surface area contributed by atoms with Crippen LogP contribution in [-0.2, 0) is 0 Å². The van der Waals surface area contributed by atoms with Crippen molar-refractivity contribution in [3.05, 3.63) is 0 Å². The molecule has 1 N–H and O–H groups in total. The zero-order valence-corrected chi connectivity index (χ0v) is 8.23. The monoisotopic (exact) mass is 170 g/mol. The second-order valence-electron chi connectivity index (χ2n) is 3.27. The molecule has 0 aromatic heterocycles. The lowest BCUT2D eigenvalue weighted by atomic mass is 10.3. The molecular formula is C9H18N2O. The molecule has 0 heterocycles. The molecule has 0 aromatic rings. The third kappa shape index (κ3) is 7.41. The molecule has 0 atom stereocenters. The second kappa shape index (κ2) is 5.89. The van der Waals surface area contributed by atoms with E-state index in [4.69, 9.17) is 0 Å². The maximum Gasteiger partial charge on any atom is 0.123 e. The zero-order valence-electron chi connectivity index (χ0n) is 8.23. The topological polar surface area (TPSA) is 45.0 Å². The van der Waals surface area contributed by atoms with Crippen molar-refractivity contribution in [1.82, 2.24) is 0 Å².